The minimum Gasteiger partial charge on any atom is -0.334 e. The Bertz CT molecular complexity index is 3910. The van der Waals surface area contributed by atoms with E-state index in [9.17, 15) is 0 Å². The average Bonchev–Trinajstić information content (AvgIpc) is 0.766. The van der Waals surface area contributed by atoms with Crippen LogP contribution in [0.1, 0.15) is 349 Å². The van der Waals surface area contributed by atoms with Gasteiger partial charge in [0, 0.05) is 73.4 Å². The van der Waals surface area contributed by atoms with Gasteiger partial charge < -0.3 is 63.8 Å². The van der Waals surface area contributed by atoms with Crippen molar-refractivity contribution in [3.05, 3.63) is 209 Å². The number of hydrogen-bond donors (Lipinski definition) is 12. The van der Waals surface area contributed by atoms with Crippen molar-refractivity contribution in [1.29, 1.82) is 0 Å². The van der Waals surface area contributed by atoms with Crippen LogP contribution in [0, 0.1) is 0 Å². The van der Waals surface area contributed by atoms with Gasteiger partial charge in [-0.15, -0.1) is 0 Å². The Morgan fingerprint density at radius 2 is 0.242 bits per heavy atom. The van der Waals surface area contributed by atoms with Crippen molar-refractivity contribution in [2.75, 3.05) is 31.9 Å². The van der Waals surface area contributed by atoms with Crippen molar-refractivity contribution in [1.82, 2.24) is 31.9 Å². The van der Waals surface area contributed by atoms with Crippen molar-refractivity contribution in [3.8, 4) is 0 Å². The van der Waals surface area contributed by atoms with E-state index in [4.69, 9.17) is 0 Å². The molecule has 18 nitrogen and oxygen atoms in total. The molecule has 0 aliphatic carbocycles. The van der Waals surface area contributed by atoms with Crippen LogP contribution in [0.4, 0.5) is 62.9 Å². The number of carbonyl (C=O) groups is 6. The summed E-state index contributed by atoms with van der Waals surface area (Å²) in [5.74, 6) is 0. The van der Waals surface area contributed by atoms with Gasteiger partial charge in [0.05, 0.1) is 0 Å². The molecule has 0 bridgehead atoms. The highest BCUT2D eigenvalue weighted by molar-refractivity contribution is 5.94. The van der Waals surface area contributed by atoms with Gasteiger partial charge in [0.2, 0.25) is 0 Å². The van der Waals surface area contributed by atoms with Crippen LogP contribution in [0.3, 0.4) is 0 Å². The van der Waals surface area contributed by atoms with Gasteiger partial charge in [-0.05, 0) is 238 Å². The van der Waals surface area contributed by atoms with Crippen LogP contribution in [0.25, 0.3) is 0 Å². The van der Waals surface area contributed by atoms with Crippen LogP contribution in [-0.2, 0) is 104 Å². The Hall–Kier alpha value is -9.84. The molecule has 120 heavy (non-hydrogen) atoms. The second-order valence-electron chi connectivity index (χ2n) is 45.5. The Kier molecular flexibility index (Phi) is 29.2. The molecule has 0 aromatic heterocycles. The number of amides is 12. The van der Waals surface area contributed by atoms with Crippen molar-refractivity contribution in [2.24, 2.45) is 0 Å². The summed E-state index contributed by atoms with van der Waals surface area (Å²) >= 11 is 0. The maximum atomic E-state index is 15.3. The van der Waals surface area contributed by atoms with Crippen LogP contribution in [-0.4, -0.2) is 36.2 Å². The van der Waals surface area contributed by atoms with E-state index in [0.717, 1.165) is 66.8 Å². The van der Waals surface area contributed by atoms with E-state index in [-0.39, 0.29) is 104 Å². The lowest BCUT2D eigenvalue weighted by Crippen LogP contribution is -2.38. The zero-order chi connectivity index (χ0) is 90.8. The molecule has 7 aromatic carbocycles. The molecule has 7 aromatic rings. The number of anilines is 6. The molecular formula is C102H150N12O6. The predicted molar refractivity (Wildman–Crippen MR) is 505 cm³/mol. The Labute approximate surface area is 721 Å². The van der Waals surface area contributed by atoms with Crippen LogP contribution in [0.5, 0.6) is 0 Å². The van der Waals surface area contributed by atoms with E-state index < -0.39 is 36.2 Å². The Morgan fingerprint density at radius 1 is 0.158 bits per heavy atom. The van der Waals surface area contributed by atoms with Gasteiger partial charge in [0.25, 0.3) is 0 Å². The summed E-state index contributed by atoms with van der Waals surface area (Å²) in [7, 11) is 0. The normalized spacial score (nSPS) is 12.9. The number of hydrogen-bond acceptors (Lipinski definition) is 6. The number of rotatable bonds is 18. The molecule has 0 saturated heterocycles. The first-order chi connectivity index (χ1) is 54.4. The molecule has 0 unspecified atom stereocenters. The lowest BCUT2D eigenvalue weighted by atomic mass is 9.80. The Balaban J connectivity index is 1.60. The molecule has 0 atom stereocenters. The second-order valence-corrected chi connectivity index (χ2v) is 45.5. The van der Waals surface area contributed by atoms with Crippen LogP contribution in [0.2, 0.25) is 0 Å². The van der Waals surface area contributed by atoms with E-state index in [1.54, 1.807) is 0 Å². The SMILES string of the molecule is CC(C)(C)c1cc(NC(=O)NCc2c(CNC(=O)Nc3cc(C(C)(C)C)cc(C(C)(C)C)c3)c(CNC(=O)Nc3cc(C(C)(C)C)cc(C(C)(C)C)c3)c(CNC(=O)Nc3cc(C(C)(C)C)cc(C(C)(C)C)c3)c(CNC(=O)Nc3cc(C(C)(C)C)cc(C(C)(C)C)c3)c2CNC(=O)Nc2cc(C(C)(C)C)cc(C(C)(C)C)c2)cc(C(C)(C)C)c1. The third-order valence-corrected chi connectivity index (χ3v) is 22.3. The predicted octanol–water partition coefficient (Wildman–Crippen LogP) is 25.2. The fraction of sp³-hybridized carbons (Fsp3) is 0.529. The first-order valence-electron chi connectivity index (χ1n) is 42.9. The molecular weight excluding hydrogens is 1490 g/mol. The number of nitrogens with one attached hydrogen (secondary N) is 12. The molecule has 0 spiro atoms. The summed E-state index contributed by atoms with van der Waals surface area (Å²) < 4.78 is 0. The van der Waals surface area contributed by atoms with E-state index >= 15 is 28.8 Å². The molecule has 0 fully saturated rings. The highest BCUT2D eigenvalue weighted by atomic mass is 16.2. The van der Waals surface area contributed by atoms with Crippen molar-refractivity contribution >= 4 is 70.3 Å². The van der Waals surface area contributed by atoms with Gasteiger partial charge in [0.15, 0.2) is 0 Å². The first kappa shape index (κ1) is 97.3. The first-order valence-corrected chi connectivity index (χ1v) is 42.9. The highest BCUT2D eigenvalue weighted by Crippen LogP contribution is 2.41. The molecule has 18 heteroatoms. The van der Waals surface area contributed by atoms with Gasteiger partial charge in [-0.25, -0.2) is 28.8 Å². The summed E-state index contributed by atoms with van der Waals surface area (Å²) in [6.07, 6.45) is 0. The minimum absolute atomic E-state index is 0.253. The van der Waals surface area contributed by atoms with Gasteiger partial charge in [-0.3, -0.25) is 0 Å². The molecule has 12 amide bonds. The summed E-state index contributed by atoms with van der Waals surface area (Å²) in [6, 6.07) is 33.5. The number of carbonyl (C=O) groups excluding carboxylic acids is 6. The number of urea groups is 6. The van der Waals surface area contributed by atoms with Crippen LogP contribution >= 0.6 is 0 Å². The molecule has 12 N–H and O–H groups in total. The topological polar surface area (TPSA) is 247 Å². The maximum absolute atomic E-state index is 15.3. The van der Waals surface area contributed by atoms with Crippen molar-refractivity contribution in [3.63, 3.8) is 0 Å². The lowest BCUT2D eigenvalue weighted by Gasteiger charge is -2.29. The maximum Gasteiger partial charge on any atom is 0.319 e. The quantitative estimate of drug-likeness (QED) is 0.0398. The second kappa shape index (κ2) is 36.1. The highest BCUT2D eigenvalue weighted by Gasteiger charge is 2.32. The van der Waals surface area contributed by atoms with Crippen LogP contribution < -0.4 is 63.8 Å². The van der Waals surface area contributed by atoms with Gasteiger partial charge in [0.1, 0.15) is 0 Å². The fourth-order valence-electron chi connectivity index (χ4n) is 13.8. The van der Waals surface area contributed by atoms with Crippen molar-refractivity contribution in [2.45, 2.75) is 354 Å². The smallest absolute Gasteiger partial charge is 0.319 e. The molecule has 7 rings (SSSR count). The zero-order valence-electron chi connectivity index (χ0n) is 80.1. The van der Waals surface area contributed by atoms with Gasteiger partial charge in [-0.1, -0.05) is 286 Å². The standard InChI is InChI=1S/C102H150N12O6/c1-91(2,3)61-37-62(92(4,5)6)44-73(43-61)109-85(115)103-55-79-80(56-104-86(116)110-74-45-63(93(7,8)9)38-64(46-74)94(10,11)12)82(58-106-88(118)112-76-49-67(97(19,20)21)40-68(50-76)98(22,23)24)84(60-108-90(120)114-78-53-71(101(31,32)33)42-72(54-78)102(34,35)36)83(59-107-89(119)113-77-51-69(99(25,26)27)41-70(52-77)100(28,29)30)81(79)57-105-87(117)111-75-47-65(95(13,14)15)39-66(48-75)96(16,17)18/h37-54H,55-60H2,1-36H3,(H2,103,109,115)(H2,104,110,116)(H2,105,111,117)(H2,106,112,118)(H2,107,113,119)(H2,108,114,120). The summed E-state index contributed by atoms with van der Waals surface area (Å²) in [5, 5.41) is 38.6. The third-order valence-electron chi connectivity index (χ3n) is 22.3. The summed E-state index contributed by atoms with van der Waals surface area (Å²) in [5.41, 5.74) is 14.6. The molecule has 0 saturated carbocycles. The Morgan fingerprint density at radius 3 is 0.317 bits per heavy atom. The van der Waals surface area contributed by atoms with Crippen molar-refractivity contribution < 1.29 is 28.8 Å². The van der Waals surface area contributed by atoms with E-state index in [0.29, 0.717) is 67.5 Å². The monoisotopic (exact) mass is 1640 g/mol. The lowest BCUT2D eigenvalue weighted by molar-refractivity contribution is 0.249. The molecule has 0 aliphatic heterocycles. The molecule has 0 aliphatic rings. The van der Waals surface area contributed by atoms with E-state index in [2.05, 4.69) is 349 Å². The number of benzene rings is 7. The third kappa shape index (κ3) is 27.6. The van der Waals surface area contributed by atoms with Gasteiger partial charge >= 0.3 is 36.2 Å². The average molecular weight is 1640 g/mol. The zero-order valence-corrected chi connectivity index (χ0v) is 80.1. The molecule has 0 radical (unpaired) electrons. The summed E-state index contributed by atoms with van der Waals surface area (Å²) in [6.45, 7) is 75.3. The molecule has 0 heterocycles. The van der Waals surface area contributed by atoms with E-state index in [1.807, 2.05) is 72.8 Å². The van der Waals surface area contributed by atoms with Crippen LogP contribution in [0.15, 0.2) is 109 Å². The fourth-order valence-corrected chi connectivity index (χ4v) is 13.8. The van der Waals surface area contributed by atoms with E-state index in [1.165, 1.54) is 0 Å². The molecule has 654 valence electrons. The van der Waals surface area contributed by atoms with Gasteiger partial charge in [-0.2, -0.15) is 0 Å². The largest absolute Gasteiger partial charge is 0.334 e. The summed E-state index contributed by atoms with van der Waals surface area (Å²) in [4.78, 5) is 92.0. The minimum atomic E-state index is -0.569.